The summed E-state index contributed by atoms with van der Waals surface area (Å²) in [5.41, 5.74) is 6.84. The summed E-state index contributed by atoms with van der Waals surface area (Å²) in [5, 5.41) is 4.24. The van der Waals surface area contributed by atoms with Crippen molar-refractivity contribution in [2.45, 2.75) is 40.8 Å². The molecular weight excluding hydrogens is 246 g/mol. The first kappa shape index (κ1) is 14.8. The minimum atomic E-state index is 0.955. The monoisotopic (exact) mass is 271 g/mol. The van der Waals surface area contributed by atoms with Gasteiger partial charge in [-0.1, -0.05) is 19.1 Å². The van der Waals surface area contributed by atoms with Crippen LogP contribution in [0.15, 0.2) is 24.5 Å². The molecular formula is C17H25N3. The van der Waals surface area contributed by atoms with Gasteiger partial charge in [0.1, 0.15) is 0 Å². The Kier molecular flexibility index (Phi) is 4.61. The predicted octanol–water partition coefficient (Wildman–Crippen LogP) is 3.37. The number of benzene rings is 1. The van der Waals surface area contributed by atoms with Crippen LogP contribution in [0.3, 0.4) is 0 Å². The number of nitrogens with zero attached hydrogens (tertiary/aromatic N) is 3. The van der Waals surface area contributed by atoms with Gasteiger partial charge in [-0.05, 0) is 49.6 Å². The maximum absolute atomic E-state index is 4.24. The van der Waals surface area contributed by atoms with Gasteiger partial charge in [-0.3, -0.25) is 9.58 Å². The van der Waals surface area contributed by atoms with Gasteiger partial charge in [0.05, 0.1) is 6.20 Å². The highest BCUT2D eigenvalue weighted by atomic mass is 15.2. The van der Waals surface area contributed by atoms with Crippen molar-refractivity contribution in [2.75, 3.05) is 6.54 Å². The van der Waals surface area contributed by atoms with Crippen LogP contribution in [0, 0.1) is 20.8 Å². The van der Waals surface area contributed by atoms with E-state index in [-0.39, 0.29) is 0 Å². The molecule has 0 atom stereocenters. The first-order chi connectivity index (χ1) is 9.49. The maximum atomic E-state index is 4.24. The Balaban J connectivity index is 2.12. The third-order valence-corrected chi connectivity index (χ3v) is 3.96. The summed E-state index contributed by atoms with van der Waals surface area (Å²) >= 11 is 0. The minimum Gasteiger partial charge on any atom is -0.295 e. The SMILES string of the molecule is CCN(Cc1cnn(C)c1)Cc1cc(C)c(C)cc1C. The standard InChI is InChI=1S/C17H25N3/c1-6-20(11-16-9-18-19(5)10-16)12-17-8-14(3)13(2)7-15(17)4/h7-10H,6,11-12H2,1-5H3. The average molecular weight is 271 g/mol. The van der Waals surface area contributed by atoms with Crippen LogP contribution >= 0.6 is 0 Å². The molecule has 0 saturated heterocycles. The summed E-state index contributed by atoms with van der Waals surface area (Å²) in [7, 11) is 1.97. The van der Waals surface area contributed by atoms with Crippen molar-refractivity contribution >= 4 is 0 Å². The van der Waals surface area contributed by atoms with E-state index in [9.17, 15) is 0 Å². The zero-order chi connectivity index (χ0) is 14.7. The number of rotatable bonds is 5. The summed E-state index contributed by atoms with van der Waals surface area (Å²) in [6.45, 7) is 11.8. The van der Waals surface area contributed by atoms with Crippen molar-refractivity contribution in [3.05, 3.63) is 52.3 Å². The quantitative estimate of drug-likeness (QED) is 0.831. The highest BCUT2D eigenvalue weighted by Gasteiger charge is 2.09. The van der Waals surface area contributed by atoms with Crippen LogP contribution in [-0.2, 0) is 20.1 Å². The molecule has 0 spiro atoms. The fraction of sp³-hybridized carbons (Fsp3) is 0.471. The lowest BCUT2D eigenvalue weighted by Gasteiger charge is -2.21. The summed E-state index contributed by atoms with van der Waals surface area (Å²) < 4.78 is 1.87. The van der Waals surface area contributed by atoms with Gasteiger partial charge in [0.2, 0.25) is 0 Å². The summed E-state index contributed by atoms with van der Waals surface area (Å²) in [4.78, 5) is 2.45. The van der Waals surface area contributed by atoms with Gasteiger partial charge < -0.3 is 0 Å². The third kappa shape index (κ3) is 3.48. The fourth-order valence-corrected chi connectivity index (χ4v) is 2.52. The Hall–Kier alpha value is -1.61. The summed E-state index contributed by atoms with van der Waals surface area (Å²) in [6.07, 6.45) is 4.05. The second-order valence-electron chi connectivity index (χ2n) is 5.69. The largest absolute Gasteiger partial charge is 0.295 e. The molecule has 3 nitrogen and oxygen atoms in total. The van der Waals surface area contributed by atoms with Crippen molar-refractivity contribution in [2.24, 2.45) is 7.05 Å². The van der Waals surface area contributed by atoms with Gasteiger partial charge in [-0.2, -0.15) is 5.10 Å². The van der Waals surface area contributed by atoms with E-state index in [2.05, 4.69) is 56.0 Å². The second kappa shape index (κ2) is 6.23. The van der Waals surface area contributed by atoms with Crippen LogP contribution in [0.1, 0.15) is 34.7 Å². The van der Waals surface area contributed by atoms with Crippen molar-refractivity contribution < 1.29 is 0 Å². The van der Waals surface area contributed by atoms with Crippen molar-refractivity contribution in [1.29, 1.82) is 0 Å². The van der Waals surface area contributed by atoms with Crippen LogP contribution in [0.25, 0.3) is 0 Å². The van der Waals surface area contributed by atoms with Gasteiger partial charge in [0, 0.05) is 31.9 Å². The molecule has 0 amide bonds. The molecule has 0 aliphatic carbocycles. The van der Waals surface area contributed by atoms with E-state index in [4.69, 9.17) is 0 Å². The van der Waals surface area contributed by atoms with E-state index >= 15 is 0 Å². The second-order valence-corrected chi connectivity index (χ2v) is 5.69. The Morgan fingerprint density at radius 1 is 1.05 bits per heavy atom. The first-order valence-corrected chi connectivity index (χ1v) is 7.26. The molecule has 3 heteroatoms. The normalized spacial score (nSPS) is 11.3. The van der Waals surface area contributed by atoms with Crippen molar-refractivity contribution in [3.8, 4) is 0 Å². The van der Waals surface area contributed by atoms with E-state index in [0.717, 1.165) is 19.6 Å². The van der Waals surface area contributed by atoms with Crippen molar-refractivity contribution in [1.82, 2.24) is 14.7 Å². The minimum absolute atomic E-state index is 0.955. The Morgan fingerprint density at radius 2 is 1.75 bits per heavy atom. The van der Waals surface area contributed by atoms with Crippen LogP contribution in [0.2, 0.25) is 0 Å². The molecule has 1 aromatic heterocycles. The average Bonchev–Trinajstić information content (AvgIpc) is 2.80. The molecule has 0 bridgehead atoms. The van der Waals surface area contributed by atoms with Gasteiger partial charge >= 0.3 is 0 Å². The summed E-state index contributed by atoms with van der Waals surface area (Å²) in [6, 6.07) is 4.62. The zero-order valence-corrected chi connectivity index (χ0v) is 13.3. The molecule has 108 valence electrons. The molecule has 2 aromatic rings. The van der Waals surface area contributed by atoms with Crippen molar-refractivity contribution in [3.63, 3.8) is 0 Å². The molecule has 2 rings (SSSR count). The lowest BCUT2D eigenvalue weighted by atomic mass is 10.0. The van der Waals surface area contributed by atoms with Gasteiger partial charge in [0.25, 0.3) is 0 Å². The van der Waals surface area contributed by atoms with Crippen LogP contribution in [-0.4, -0.2) is 21.2 Å². The van der Waals surface area contributed by atoms with Gasteiger partial charge in [0.15, 0.2) is 0 Å². The lowest BCUT2D eigenvalue weighted by molar-refractivity contribution is 0.271. The van der Waals surface area contributed by atoms with Crippen LogP contribution < -0.4 is 0 Å². The molecule has 1 aromatic carbocycles. The van der Waals surface area contributed by atoms with E-state index < -0.39 is 0 Å². The number of aryl methyl sites for hydroxylation is 4. The van der Waals surface area contributed by atoms with Gasteiger partial charge in [-0.25, -0.2) is 0 Å². The molecule has 0 unspecified atom stereocenters. The Morgan fingerprint density at radius 3 is 2.35 bits per heavy atom. The maximum Gasteiger partial charge on any atom is 0.0534 e. The fourth-order valence-electron chi connectivity index (χ4n) is 2.52. The van der Waals surface area contributed by atoms with E-state index in [1.165, 1.54) is 27.8 Å². The molecule has 0 saturated carbocycles. The molecule has 1 heterocycles. The van der Waals surface area contributed by atoms with E-state index in [0.29, 0.717) is 0 Å². The number of hydrogen-bond acceptors (Lipinski definition) is 2. The van der Waals surface area contributed by atoms with E-state index in [1.54, 1.807) is 0 Å². The number of aromatic nitrogens is 2. The third-order valence-electron chi connectivity index (χ3n) is 3.96. The highest BCUT2D eigenvalue weighted by molar-refractivity contribution is 5.36. The lowest BCUT2D eigenvalue weighted by Crippen LogP contribution is -2.22. The summed E-state index contributed by atoms with van der Waals surface area (Å²) in [5.74, 6) is 0. The Labute approximate surface area is 122 Å². The van der Waals surface area contributed by atoms with Crippen LogP contribution in [0.5, 0.6) is 0 Å². The molecule has 0 aliphatic heterocycles. The molecule has 0 fully saturated rings. The number of hydrogen-bond donors (Lipinski definition) is 0. The molecule has 0 radical (unpaired) electrons. The highest BCUT2D eigenvalue weighted by Crippen LogP contribution is 2.18. The predicted molar refractivity (Wildman–Crippen MR) is 83.6 cm³/mol. The molecule has 0 aliphatic rings. The first-order valence-electron chi connectivity index (χ1n) is 7.26. The van der Waals surface area contributed by atoms with E-state index in [1.807, 2.05) is 17.9 Å². The smallest absolute Gasteiger partial charge is 0.0534 e. The Bertz CT molecular complexity index is 584. The molecule has 0 N–H and O–H groups in total. The van der Waals surface area contributed by atoms with Gasteiger partial charge in [-0.15, -0.1) is 0 Å². The zero-order valence-electron chi connectivity index (χ0n) is 13.3. The van der Waals surface area contributed by atoms with Crippen LogP contribution in [0.4, 0.5) is 0 Å². The molecule has 20 heavy (non-hydrogen) atoms. The topological polar surface area (TPSA) is 21.1 Å².